The molecule has 4 rings (SSSR count). The van der Waals surface area contributed by atoms with Crippen LogP contribution in [0.25, 0.3) is 10.9 Å². The number of anilines is 4. The van der Waals surface area contributed by atoms with Crippen molar-refractivity contribution in [3.8, 4) is 0 Å². The van der Waals surface area contributed by atoms with E-state index in [1.165, 1.54) is 10.9 Å². The lowest BCUT2D eigenvalue weighted by atomic mass is 10.2. The molecule has 0 aliphatic carbocycles. The number of fused-ring (bicyclic) bond motifs is 1. The molecule has 2 aromatic carbocycles. The molecule has 1 amide bonds. The highest BCUT2D eigenvalue weighted by molar-refractivity contribution is 5.90. The SMILES string of the molecule is CN(C)c1cnnc(Nc2ccc(NC(=O)CCn3cnc4ccccc4c3=O)cc2)c1. The number of benzene rings is 2. The largest absolute Gasteiger partial charge is 0.376 e. The topological polar surface area (TPSA) is 105 Å². The van der Waals surface area contributed by atoms with Crippen molar-refractivity contribution < 1.29 is 4.79 Å². The molecule has 0 bridgehead atoms. The highest BCUT2D eigenvalue weighted by Gasteiger charge is 2.07. The summed E-state index contributed by atoms with van der Waals surface area (Å²) in [5.41, 5.74) is 2.92. The normalized spacial score (nSPS) is 10.7. The average Bonchev–Trinajstić information content (AvgIpc) is 2.80. The smallest absolute Gasteiger partial charge is 0.261 e. The van der Waals surface area contributed by atoms with Crippen LogP contribution in [0.3, 0.4) is 0 Å². The van der Waals surface area contributed by atoms with Gasteiger partial charge in [0.15, 0.2) is 5.82 Å². The van der Waals surface area contributed by atoms with Crippen molar-refractivity contribution in [2.45, 2.75) is 13.0 Å². The molecule has 162 valence electrons. The van der Waals surface area contributed by atoms with Crippen molar-refractivity contribution in [3.05, 3.63) is 77.5 Å². The lowest BCUT2D eigenvalue weighted by Crippen LogP contribution is -2.23. The third kappa shape index (κ3) is 4.89. The van der Waals surface area contributed by atoms with E-state index >= 15 is 0 Å². The minimum absolute atomic E-state index is 0.153. The Hall–Kier alpha value is -4.27. The van der Waals surface area contributed by atoms with E-state index in [0.29, 0.717) is 22.4 Å². The summed E-state index contributed by atoms with van der Waals surface area (Å²) in [6.45, 7) is 0.253. The van der Waals surface area contributed by atoms with Gasteiger partial charge in [-0.1, -0.05) is 12.1 Å². The van der Waals surface area contributed by atoms with E-state index in [4.69, 9.17) is 0 Å². The Morgan fingerprint density at radius 2 is 1.81 bits per heavy atom. The minimum atomic E-state index is -0.185. The minimum Gasteiger partial charge on any atom is -0.376 e. The van der Waals surface area contributed by atoms with Crippen LogP contribution in [0.4, 0.5) is 22.9 Å². The Morgan fingerprint density at radius 1 is 1.06 bits per heavy atom. The number of aryl methyl sites for hydroxylation is 1. The summed E-state index contributed by atoms with van der Waals surface area (Å²) in [7, 11) is 3.87. The average molecular weight is 429 g/mol. The maximum atomic E-state index is 12.5. The summed E-state index contributed by atoms with van der Waals surface area (Å²) in [4.78, 5) is 31.1. The van der Waals surface area contributed by atoms with Crippen LogP contribution in [0, 0.1) is 0 Å². The van der Waals surface area contributed by atoms with Gasteiger partial charge in [-0.3, -0.25) is 14.2 Å². The fraction of sp³-hybridized carbons (Fsp3) is 0.174. The van der Waals surface area contributed by atoms with Crippen LogP contribution in [0.15, 0.2) is 71.9 Å². The van der Waals surface area contributed by atoms with Gasteiger partial charge in [-0.15, -0.1) is 5.10 Å². The summed E-state index contributed by atoms with van der Waals surface area (Å²) >= 11 is 0. The van der Waals surface area contributed by atoms with Gasteiger partial charge in [0.05, 0.1) is 29.1 Å². The lowest BCUT2D eigenvalue weighted by molar-refractivity contribution is -0.116. The molecule has 0 atom stereocenters. The monoisotopic (exact) mass is 429 g/mol. The van der Waals surface area contributed by atoms with E-state index in [-0.39, 0.29) is 24.4 Å². The first-order valence-corrected chi connectivity index (χ1v) is 10.1. The number of para-hydroxylation sites is 1. The number of nitrogens with zero attached hydrogens (tertiary/aromatic N) is 5. The summed E-state index contributed by atoms with van der Waals surface area (Å²) in [5.74, 6) is 0.442. The van der Waals surface area contributed by atoms with Crippen molar-refractivity contribution in [2.24, 2.45) is 0 Å². The van der Waals surface area contributed by atoms with Gasteiger partial charge in [-0.05, 0) is 36.4 Å². The Bertz CT molecular complexity index is 1300. The molecule has 0 saturated heterocycles. The van der Waals surface area contributed by atoms with Crippen molar-refractivity contribution in [1.29, 1.82) is 0 Å². The number of rotatable bonds is 7. The highest BCUT2D eigenvalue weighted by Crippen LogP contribution is 2.20. The lowest BCUT2D eigenvalue weighted by Gasteiger charge is -2.13. The van der Waals surface area contributed by atoms with E-state index in [1.54, 1.807) is 36.5 Å². The first kappa shape index (κ1) is 21.0. The van der Waals surface area contributed by atoms with Crippen LogP contribution in [0.5, 0.6) is 0 Å². The van der Waals surface area contributed by atoms with Crippen LogP contribution in [-0.2, 0) is 11.3 Å². The quantitative estimate of drug-likeness (QED) is 0.465. The van der Waals surface area contributed by atoms with E-state index in [2.05, 4.69) is 25.8 Å². The Kier molecular flexibility index (Phi) is 6.07. The van der Waals surface area contributed by atoms with Crippen molar-refractivity contribution in [3.63, 3.8) is 0 Å². The third-order valence-corrected chi connectivity index (χ3v) is 4.91. The van der Waals surface area contributed by atoms with E-state index < -0.39 is 0 Å². The van der Waals surface area contributed by atoms with Gasteiger partial charge in [0, 0.05) is 44.5 Å². The van der Waals surface area contributed by atoms with E-state index in [9.17, 15) is 9.59 Å². The number of hydrogen-bond acceptors (Lipinski definition) is 7. The number of aromatic nitrogens is 4. The molecule has 0 unspecified atom stereocenters. The molecular weight excluding hydrogens is 406 g/mol. The molecule has 32 heavy (non-hydrogen) atoms. The molecule has 0 fully saturated rings. The number of amides is 1. The maximum Gasteiger partial charge on any atom is 0.261 e. The van der Waals surface area contributed by atoms with E-state index in [0.717, 1.165) is 11.4 Å². The number of carbonyl (C=O) groups excluding carboxylic acids is 1. The predicted molar refractivity (Wildman–Crippen MR) is 125 cm³/mol. The summed E-state index contributed by atoms with van der Waals surface area (Å²) in [6, 6.07) is 16.3. The molecular formula is C23H23N7O2. The number of nitrogens with one attached hydrogen (secondary N) is 2. The molecule has 2 N–H and O–H groups in total. The summed E-state index contributed by atoms with van der Waals surface area (Å²) in [6.07, 6.45) is 3.32. The Morgan fingerprint density at radius 3 is 2.59 bits per heavy atom. The third-order valence-electron chi connectivity index (χ3n) is 4.91. The van der Waals surface area contributed by atoms with E-state index in [1.807, 2.05) is 43.3 Å². The fourth-order valence-corrected chi connectivity index (χ4v) is 3.16. The van der Waals surface area contributed by atoms with Gasteiger partial charge in [-0.2, -0.15) is 5.10 Å². The molecule has 0 radical (unpaired) electrons. The molecule has 2 heterocycles. The fourth-order valence-electron chi connectivity index (χ4n) is 3.16. The van der Waals surface area contributed by atoms with Crippen LogP contribution in [0.2, 0.25) is 0 Å². The number of carbonyl (C=O) groups is 1. The summed E-state index contributed by atoms with van der Waals surface area (Å²) in [5, 5.41) is 14.6. The zero-order valence-electron chi connectivity index (χ0n) is 17.8. The molecule has 2 aromatic heterocycles. The molecule has 4 aromatic rings. The van der Waals surface area contributed by atoms with Gasteiger partial charge in [-0.25, -0.2) is 4.98 Å². The second kappa shape index (κ2) is 9.25. The van der Waals surface area contributed by atoms with Gasteiger partial charge in [0.1, 0.15) is 0 Å². The molecule has 0 saturated carbocycles. The maximum absolute atomic E-state index is 12.5. The molecule has 9 heteroatoms. The zero-order valence-corrected chi connectivity index (χ0v) is 17.8. The Balaban J connectivity index is 1.34. The van der Waals surface area contributed by atoms with Crippen LogP contribution in [0.1, 0.15) is 6.42 Å². The second-order valence-corrected chi connectivity index (χ2v) is 7.45. The van der Waals surface area contributed by atoms with Gasteiger partial charge in [0.2, 0.25) is 5.91 Å². The van der Waals surface area contributed by atoms with Gasteiger partial charge in [0.25, 0.3) is 5.56 Å². The standard InChI is InChI=1S/C23H23N7O2/c1-29(2)18-13-21(28-25-14-18)26-16-7-9-17(10-8-16)27-22(31)11-12-30-15-24-20-6-4-3-5-19(20)23(30)32/h3-10,13-15H,11-12H2,1-2H3,(H,26,28)(H,27,31). The first-order valence-electron chi connectivity index (χ1n) is 10.1. The molecule has 0 aliphatic rings. The van der Waals surface area contributed by atoms with Crippen LogP contribution >= 0.6 is 0 Å². The first-order chi connectivity index (χ1) is 15.5. The van der Waals surface area contributed by atoms with Crippen LogP contribution in [-0.4, -0.2) is 39.8 Å². The second-order valence-electron chi connectivity index (χ2n) is 7.45. The number of hydrogen-bond donors (Lipinski definition) is 2. The summed E-state index contributed by atoms with van der Waals surface area (Å²) < 4.78 is 1.46. The highest BCUT2D eigenvalue weighted by atomic mass is 16.2. The van der Waals surface area contributed by atoms with Gasteiger partial charge >= 0.3 is 0 Å². The van der Waals surface area contributed by atoms with Gasteiger partial charge < -0.3 is 15.5 Å². The predicted octanol–water partition coefficient (Wildman–Crippen LogP) is 3.02. The van der Waals surface area contributed by atoms with Crippen molar-refractivity contribution in [2.75, 3.05) is 29.6 Å². The molecule has 0 spiro atoms. The van der Waals surface area contributed by atoms with Crippen molar-refractivity contribution in [1.82, 2.24) is 19.7 Å². The Labute approximate surface area is 184 Å². The van der Waals surface area contributed by atoms with Crippen LogP contribution < -0.4 is 21.1 Å². The van der Waals surface area contributed by atoms with Crippen molar-refractivity contribution >= 4 is 39.7 Å². The molecule has 9 nitrogen and oxygen atoms in total. The zero-order chi connectivity index (χ0) is 22.5. The molecule has 0 aliphatic heterocycles.